The van der Waals surface area contributed by atoms with Gasteiger partial charge in [0.05, 0.1) is 17.2 Å². The third-order valence-corrected chi connectivity index (χ3v) is 2.33. The van der Waals surface area contributed by atoms with Crippen molar-refractivity contribution in [3.8, 4) is 6.07 Å². The van der Waals surface area contributed by atoms with Gasteiger partial charge in [-0.3, -0.25) is 4.79 Å². The number of carbonyl (C=O) groups excluding carboxylic acids is 1. The van der Waals surface area contributed by atoms with Crippen LogP contribution in [0.2, 0.25) is 0 Å². The van der Waals surface area contributed by atoms with E-state index in [1.165, 1.54) is 0 Å². The Morgan fingerprint density at radius 3 is 2.47 bits per heavy atom. The van der Waals surface area contributed by atoms with Gasteiger partial charge >= 0.3 is 0 Å². The second kappa shape index (κ2) is 5.16. The van der Waals surface area contributed by atoms with Gasteiger partial charge in [0.15, 0.2) is 0 Å². The van der Waals surface area contributed by atoms with Gasteiger partial charge in [0.2, 0.25) is 0 Å². The second-order valence-corrected chi connectivity index (χ2v) is 3.13. The van der Waals surface area contributed by atoms with Gasteiger partial charge in [0.1, 0.15) is 0 Å². The summed E-state index contributed by atoms with van der Waals surface area (Å²) < 4.78 is 0. The summed E-state index contributed by atoms with van der Waals surface area (Å²) in [5.74, 6) is -0.0721. The molecule has 0 fully saturated rings. The van der Waals surface area contributed by atoms with Crippen molar-refractivity contribution in [1.82, 2.24) is 4.90 Å². The first-order chi connectivity index (χ1) is 7.24. The highest BCUT2D eigenvalue weighted by Gasteiger charge is 2.15. The van der Waals surface area contributed by atoms with Crippen molar-refractivity contribution in [2.24, 2.45) is 0 Å². The van der Waals surface area contributed by atoms with E-state index in [0.717, 1.165) is 0 Å². The fourth-order valence-corrected chi connectivity index (χ4v) is 1.45. The van der Waals surface area contributed by atoms with Crippen LogP contribution in [-0.2, 0) is 0 Å². The van der Waals surface area contributed by atoms with Crippen LogP contribution in [0, 0.1) is 11.3 Å². The third kappa shape index (κ3) is 2.35. The number of carbonyl (C=O) groups is 1. The Hall–Kier alpha value is -1.82. The molecule has 1 aromatic rings. The minimum atomic E-state index is -0.0721. The standard InChI is InChI=1S/C12H14N2O/c1-3-14(4-2)12(15)11-8-6-5-7-10(11)9-13/h5-8H,3-4H2,1-2H3. The lowest BCUT2D eigenvalue weighted by Gasteiger charge is -2.18. The molecule has 0 aromatic heterocycles. The molecule has 1 aromatic carbocycles. The zero-order valence-electron chi connectivity index (χ0n) is 9.03. The minimum Gasteiger partial charge on any atom is -0.339 e. The van der Waals surface area contributed by atoms with E-state index in [9.17, 15) is 4.79 Å². The van der Waals surface area contributed by atoms with E-state index >= 15 is 0 Å². The van der Waals surface area contributed by atoms with Crippen LogP contribution in [0.4, 0.5) is 0 Å². The van der Waals surface area contributed by atoms with Gasteiger partial charge in [-0.1, -0.05) is 12.1 Å². The van der Waals surface area contributed by atoms with Crippen LogP contribution in [0.3, 0.4) is 0 Å². The maximum absolute atomic E-state index is 12.0. The molecule has 0 unspecified atom stereocenters. The van der Waals surface area contributed by atoms with E-state index in [1.807, 2.05) is 19.9 Å². The maximum Gasteiger partial charge on any atom is 0.255 e. The van der Waals surface area contributed by atoms with Gasteiger partial charge in [0, 0.05) is 13.1 Å². The molecule has 0 atom stereocenters. The highest BCUT2D eigenvalue weighted by molar-refractivity contribution is 5.96. The molecule has 3 heteroatoms. The smallest absolute Gasteiger partial charge is 0.255 e. The molecular weight excluding hydrogens is 188 g/mol. The summed E-state index contributed by atoms with van der Waals surface area (Å²) in [4.78, 5) is 13.7. The Morgan fingerprint density at radius 1 is 1.33 bits per heavy atom. The van der Waals surface area contributed by atoms with Crippen LogP contribution in [0.25, 0.3) is 0 Å². The predicted octanol–water partition coefficient (Wildman–Crippen LogP) is 2.04. The van der Waals surface area contributed by atoms with Crippen molar-refractivity contribution in [3.05, 3.63) is 35.4 Å². The predicted molar refractivity (Wildman–Crippen MR) is 58.4 cm³/mol. The Labute approximate surface area is 89.9 Å². The van der Waals surface area contributed by atoms with Gasteiger partial charge in [-0.25, -0.2) is 0 Å². The van der Waals surface area contributed by atoms with Crippen LogP contribution < -0.4 is 0 Å². The van der Waals surface area contributed by atoms with E-state index in [2.05, 4.69) is 0 Å². The molecule has 0 radical (unpaired) electrons. The van der Waals surface area contributed by atoms with Crippen molar-refractivity contribution < 1.29 is 4.79 Å². The normalized spacial score (nSPS) is 9.40. The highest BCUT2D eigenvalue weighted by atomic mass is 16.2. The SMILES string of the molecule is CCN(CC)C(=O)c1ccccc1C#N. The fourth-order valence-electron chi connectivity index (χ4n) is 1.45. The van der Waals surface area contributed by atoms with Crippen LogP contribution in [0.15, 0.2) is 24.3 Å². The minimum absolute atomic E-state index is 0.0721. The molecule has 0 aliphatic carbocycles. The molecule has 0 heterocycles. The lowest BCUT2D eigenvalue weighted by atomic mass is 10.1. The molecule has 0 saturated carbocycles. The quantitative estimate of drug-likeness (QED) is 0.752. The molecule has 0 spiro atoms. The average molecular weight is 202 g/mol. The van der Waals surface area contributed by atoms with E-state index in [1.54, 1.807) is 29.2 Å². The van der Waals surface area contributed by atoms with Gasteiger partial charge in [0.25, 0.3) is 5.91 Å². The molecule has 0 N–H and O–H groups in total. The molecule has 3 nitrogen and oxygen atoms in total. The topological polar surface area (TPSA) is 44.1 Å². The fraction of sp³-hybridized carbons (Fsp3) is 0.333. The summed E-state index contributed by atoms with van der Waals surface area (Å²) in [5, 5.41) is 8.87. The molecule has 0 aliphatic rings. The number of nitrogens with zero attached hydrogens (tertiary/aromatic N) is 2. The largest absolute Gasteiger partial charge is 0.339 e. The highest BCUT2D eigenvalue weighted by Crippen LogP contribution is 2.10. The number of rotatable bonds is 3. The van der Waals surface area contributed by atoms with Crippen LogP contribution >= 0.6 is 0 Å². The van der Waals surface area contributed by atoms with Crippen molar-refractivity contribution in [2.45, 2.75) is 13.8 Å². The number of hydrogen-bond donors (Lipinski definition) is 0. The summed E-state index contributed by atoms with van der Waals surface area (Å²) in [6, 6.07) is 8.93. The van der Waals surface area contributed by atoms with E-state index < -0.39 is 0 Å². The van der Waals surface area contributed by atoms with E-state index in [4.69, 9.17) is 5.26 Å². The molecule has 0 aliphatic heterocycles. The van der Waals surface area contributed by atoms with Crippen molar-refractivity contribution >= 4 is 5.91 Å². The molecule has 1 rings (SSSR count). The summed E-state index contributed by atoms with van der Waals surface area (Å²) in [7, 11) is 0. The molecule has 78 valence electrons. The zero-order chi connectivity index (χ0) is 11.3. The summed E-state index contributed by atoms with van der Waals surface area (Å²) in [6.07, 6.45) is 0. The third-order valence-electron chi connectivity index (χ3n) is 2.33. The van der Waals surface area contributed by atoms with Crippen molar-refractivity contribution in [1.29, 1.82) is 5.26 Å². The molecule has 0 bridgehead atoms. The van der Waals surface area contributed by atoms with Gasteiger partial charge in [-0.15, -0.1) is 0 Å². The van der Waals surface area contributed by atoms with E-state index in [0.29, 0.717) is 24.2 Å². The number of nitriles is 1. The lowest BCUT2D eigenvalue weighted by molar-refractivity contribution is 0.0772. The van der Waals surface area contributed by atoms with Gasteiger partial charge < -0.3 is 4.90 Å². The second-order valence-electron chi connectivity index (χ2n) is 3.13. The molecule has 15 heavy (non-hydrogen) atoms. The Kier molecular flexibility index (Phi) is 3.87. The Morgan fingerprint density at radius 2 is 1.93 bits per heavy atom. The van der Waals surface area contributed by atoms with Gasteiger partial charge in [-0.2, -0.15) is 5.26 Å². The van der Waals surface area contributed by atoms with Crippen molar-refractivity contribution in [2.75, 3.05) is 13.1 Å². The van der Waals surface area contributed by atoms with Gasteiger partial charge in [-0.05, 0) is 26.0 Å². The Balaban J connectivity index is 3.06. The van der Waals surface area contributed by atoms with Crippen LogP contribution in [0.5, 0.6) is 0 Å². The first-order valence-electron chi connectivity index (χ1n) is 5.03. The summed E-state index contributed by atoms with van der Waals surface area (Å²) in [6.45, 7) is 5.18. The molecule has 1 amide bonds. The summed E-state index contributed by atoms with van der Waals surface area (Å²) >= 11 is 0. The first kappa shape index (κ1) is 11.3. The number of benzene rings is 1. The molecule has 0 saturated heterocycles. The average Bonchev–Trinajstić information content (AvgIpc) is 2.30. The number of amides is 1. The first-order valence-corrected chi connectivity index (χ1v) is 5.03. The van der Waals surface area contributed by atoms with Crippen molar-refractivity contribution in [3.63, 3.8) is 0 Å². The van der Waals surface area contributed by atoms with E-state index in [-0.39, 0.29) is 5.91 Å². The Bertz CT molecular complexity index is 389. The summed E-state index contributed by atoms with van der Waals surface area (Å²) in [5.41, 5.74) is 0.929. The zero-order valence-corrected chi connectivity index (χ0v) is 9.03. The monoisotopic (exact) mass is 202 g/mol. The maximum atomic E-state index is 12.0. The van der Waals surface area contributed by atoms with Crippen LogP contribution in [0.1, 0.15) is 29.8 Å². The lowest BCUT2D eigenvalue weighted by Crippen LogP contribution is -2.30. The molecular formula is C12H14N2O. The number of hydrogen-bond acceptors (Lipinski definition) is 2. The van der Waals surface area contributed by atoms with Crippen LogP contribution in [-0.4, -0.2) is 23.9 Å².